The Balaban J connectivity index is 1.94. The van der Waals surface area contributed by atoms with Crippen LogP contribution >= 0.6 is 11.3 Å². The molecule has 0 radical (unpaired) electrons. The Morgan fingerprint density at radius 2 is 2.00 bits per heavy atom. The van der Waals surface area contributed by atoms with E-state index >= 15 is 0 Å². The van der Waals surface area contributed by atoms with Crippen LogP contribution in [0.2, 0.25) is 0 Å². The Morgan fingerprint density at radius 1 is 1.21 bits per heavy atom. The first kappa shape index (κ1) is 12.3. The van der Waals surface area contributed by atoms with E-state index in [0.717, 1.165) is 27.9 Å². The lowest BCUT2D eigenvalue weighted by atomic mass is 10.2. The van der Waals surface area contributed by atoms with E-state index in [9.17, 15) is 0 Å². The molecule has 1 N–H and O–H groups in total. The molecule has 0 saturated carbocycles. The summed E-state index contributed by atoms with van der Waals surface area (Å²) in [7, 11) is 0. The fourth-order valence-corrected chi connectivity index (χ4v) is 2.57. The minimum atomic E-state index is 0.447. The number of hydrogen-bond donors (Lipinski definition) is 1. The summed E-state index contributed by atoms with van der Waals surface area (Å²) in [5, 5.41) is 17.3. The molecule has 3 rings (SSSR count). The van der Waals surface area contributed by atoms with E-state index in [1.54, 1.807) is 11.3 Å². The highest BCUT2D eigenvalue weighted by atomic mass is 32.1. The molecule has 5 nitrogen and oxygen atoms in total. The predicted molar refractivity (Wildman–Crippen MR) is 76.1 cm³/mol. The van der Waals surface area contributed by atoms with Gasteiger partial charge < -0.3 is 5.32 Å². The molecule has 0 saturated heterocycles. The van der Waals surface area contributed by atoms with Crippen molar-refractivity contribution in [3.05, 3.63) is 35.3 Å². The number of nitrogens with zero attached hydrogens (tertiary/aromatic N) is 4. The lowest BCUT2D eigenvalue weighted by Gasteiger charge is -2.03. The van der Waals surface area contributed by atoms with Crippen LogP contribution < -0.4 is 5.32 Å². The summed E-state index contributed by atoms with van der Waals surface area (Å²) >= 11 is 1.57. The second-order valence-electron chi connectivity index (χ2n) is 4.62. The van der Waals surface area contributed by atoms with E-state index in [4.69, 9.17) is 0 Å². The van der Waals surface area contributed by atoms with Gasteiger partial charge in [-0.25, -0.2) is 0 Å². The van der Waals surface area contributed by atoms with Crippen LogP contribution in [0.3, 0.4) is 0 Å². The molecule has 0 spiro atoms. The quantitative estimate of drug-likeness (QED) is 0.793. The highest BCUT2D eigenvalue weighted by Gasteiger charge is 2.12. The molecule has 0 unspecified atom stereocenters. The first-order valence-corrected chi connectivity index (χ1v) is 7.05. The fourth-order valence-electron chi connectivity index (χ4n) is 1.79. The van der Waals surface area contributed by atoms with Gasteiger partial charge in [0.25, 0.3) is 0 Å². The summed E-state index contributed by atoms with van der Waals surface area (Å²) in [6.07, 6.45) is 0. The van der Waals surface area contributed by atoms with Gasteiger partial charge in [0.1, 0.15) is 5.01 Å². The zero-order valence-corrected chi connectivity index (χ0v) is 11.7. The van der Waals surface area contributed by atoms with Crippen LogP contribution in [-0.2, 0) is 6.54 Å². The van der Waals surface area contributed by atoms with E-state index in [2.05, 4.69) is 34.5 Å². The van der Waals surface area contributed by atoms with Crippen molar-refractivity contribution >= 4 is 16.3 Å². The molecule has 98 valence electrons. The monoisotopic (exact) mass is 273 g/mol. The summed E-state index contributed by atoms with van der Waals surface area (Å²) in [5.74, 6) is 0.794. The first-order chi connectivity index (χ1) is 9.24. The minimum Gasteiger partial charge on any atom is -0.308 e. The van der Waals surface area contributed by atoms with Crippen molar-refractivity contribution in [3.8, 4) is 11.4 Å². The highest BCUT2D eigenvalue weighted by Crippen LogP contribution is 2.21. The van der Waals surface area contributed by atoms with Gasteiger partial charge in [-0.2, -0.15) is 9.61 Å². The molecule has 0 bridgehead atoms. The van der Waals surface area contributed by atoms with Crippen molar-refractivity contribution in [2.24, 2.45) is 0 Å². The van der Waals surface area contributed by atoms with E-state index in [1.165, 1.54) is 0 Å². The van der Waals surface area contributed by atoms with Crippen molar-refractivity contribution in [1.82, 2.24) is 25.1 Å². The Morgan fingerprint density at radius 3 is 2.74 bits per heavy atom. The maximum Gasteiger partial charge on any atom is 0.235 e. The van der Waals surface area contributed by atoms with Gasteiger partial charge in [-0.1, -0.05) is 55.5 Å². The van der Waals surface area contributed by atoms with Crippen LogP contribution in [-0.4, -0.2) is 25.9 Å². The summed E-state index contributed by atoms with van der Waals surface area (Å²) in [6.45, 7) is 5.01. The molecule has 19 heavy (non-hydrogen) atoms. The molecule has 2 heterocycles. The molecular formula is C13H15N5S. The zero-order chi connectivity index (χ0) is 13.2. The van der Waals surface area contributed by atoms with Crippen molar-refractivity contribution in [2.45, 2.75) is 26.4 Å². The van der Waals surface area contributed by atoms with Crippen molar-refractivity contribution in [1.29, 1.82) is 0 Å². The maximum atomic E-state index is 4.57. The SMILES string of the molecule is CC(C)NCc1nn2c(-c3ccccc3)nnc2s1. The molecule has 0 aliphatic heterocycles. The van der Waals surface area contributed by atoms with Crippen LogP contribution in [0.15, 0.2) is 30.3 Å². The normalized spacial score (nSPS) is 11.5. The Kier molecular flexibility index (Phi) is 3.27. The average molecular weight is 273 g/mol. The molecule has 0 amide bonds. The number of fused-ring (bicyclic) bond motifs is 1. The van der Waals surface area contributed by atoms with Gasteiger partial charge in [-0.05, 0) is 0 Å². The summed E-state index contributed by atoms with van der Waals surface area (Å²) in [6, 6.07) is 10.4. The minimum absolute atomic E-state index is 0.447. The molecule has 6 heteroatoms. The number of nitrogens with one attached hydrogen (secondary N) is 1. The third-order valence-electron chi connectivity index (χ3n) is 2.73. The summed E-state index contributed by atoms with van der Waals surface area (Å²) in [4.78, 5) is 0.833. The summed E-state index contributed by atoms with van der Waals surface area (Å²) < 4.78 is 1.82. The Labute approximate surface area is 115 Å². The maximum absolute atomic E-state index is 4.57. The van der Waals surface area contributed by atoms with Crippen LogP contribution in [0.4, 0.5) is 0 Å². The molecule has 0 aliphatic carbocycles. The highest BCUT2D eigenvalue weighted by molar-refractivity contribution is 7.16. The Hall–Kier alpha value is -1.79. The number of rotatable bonds is 4. The standard InChI is InChI=1S/C13H15N5S/c1-9(2)14-8-11-17-18-12(15-16-13(18)19-11)10-6-4-3-5-7-10/h3-7,9,14H,8H2,1-2H3. The van der Waals surface area contributed by atoms with Gasteiger partial charge in [0.15, 0.2) is 5.82 Å². The average Bonchev–Trinajstić information content (AvgIpc) is 2.96. The largest absolute Gasteiger partial charge is 0.308 e. The van der Waals surface area contributed by atoms with Crippen LogP contribution in [0.1, 0.15) is 18.9 Å². The van der Waals surface area contributed by atoms with Gasteiger partial charge in [-0.3, -0.25) is 0 Å². The third-order valence-corrected chi connectivity index (χ3v) is 3.63. The van der Waals surface area contributed by atoms with E-state index in [0.29, 0.717) is 6.04 Å². The van der Waals surface area contributed by atoms with E-state index in [-0.39, 0.29) is 0 Å². The molecule has 2 aromatic heterocycles. The summed E-state index contributed by atoms with van der Waals surface area (Å²) in [5.41, 5.74) is 1.03. The predicted octanol–water partition coefficient (Wildman–Crippen LogP) is 2.35. The molecule has 0 atom stereocenters. The van der Waals surface area contributed by atoms with Gasteiger partial charge in [0.05, 0.1) is 0 Å². The van der Waals surface area contributed by atoms with Crippen molar-refractivity contribution in [2.75, 3.05) is 0 Å². The van der Waals surface area contributed by atoms with Crippen LogP contribution in [0.25, 0.3) is 16.3 Å². The number of benzene rings is 1. The van der Waals surface area contributed by atoms with Gasteiger partial charge in [0.2, 0.25) is 4.96 Å². The smallest absolute Gasteiger partial charge is 0.235 e. The van der Waals surface area contributed by atoms with Crippen molar-refractivity contribution in [3.63, 3.8) is 0 Å². The van der Waals surface area contributed by atoms with Gasteiger partial charge in [-0.15, -0.1) is 10.2 Å². The van der Waals surface area contributed by atoms with E-state index in [1.807, 2.05) is 34.8 Å². The molecule has 0 aliphatic rings. The Bertz CT molecular complexity index is 671. The first-order valence-electron chi connectivity index (χ1n) is 6.24. The molecular weight excluding hydrogens is 258 g/mol. The van der Waals surface area contributed by atoms with Crippen molar-refractivity contribution < 1.29 is 0 Å². The number of aromatic nitrogens is 4. The third kappa shape index (κ3) is 2.50. The van der Waals surface area contributed by atoms with Crippen LogP contribution in [0.5, 0.6) is 0 Å². The van der Waals surface area contributed by atoms with E-state index < -0.39 is 0 Å². The second kappa shape index (κ2) is 5.07. The lowest BCUT2D eigenvalue weighted by molar-refractivity contribution is 0.583. The van der Waals surface area contributed by atoms with Gasteiger partial charge in [0, 0.05) is 18.2 Å². The number of hydrogen-bond acceptors (Lipinski definition) is 5. The lowest BCUT2D eigenvalue weighted by Crippen LogP contribution is -2.21. The van der Waals surface area contributed by atoms with Gasteiger partial charge >= 0.3 is 0 Å². The second-order valence-corrected chi connectivity index (χ2v) is 5.66. The van der Waals surface area contributed by atoms with Crippen LogP contribution in [0, 0.1) is 0 Å². The fraction of sp³-hybridized carbons (Fsp3) is 0.308. The topological polar surface area (TPSA) is 55.1 Å². The molecule has 1 aromatic carbocycles. The molecule has 3 aromatic rings. The zero-order valence-electron chi connectivity index (χ0n) is 10.9. The molecule has 0 fully saturated rings.